The highest BCUT2D eigenvalue weighted by atomic mass is 16.3. The van der Waals surface area contributed by atoms with E-state index in [0.29, 0.717) is 5.42 Å². The molecule has 2 aromatic rings. The van der Waals surface area contributed by atoms with E-state index in [1.165, 1.54) is 0 Å². The van der Waals surface area contributed by atoms with Crippen molar-refractivity contribution in [3.8, 4) is 11.3 Å². The second-order valence-electron chi connectivity index (χ2n) is 4.19. The zero-order valence-corrected chi connectivity index (χ0v) is 11.1. The number of hydrogen-bond donors (Lipinski definition) is 2. The number of rotatable bonds is 3. The van der Waals surface area contributed by atoms with Crippen molar-refractivity contribution in [2.75, 3.05) is 12.4 Å². The second kappa shape index (κ2) is 5.48. The average Bonchev–Trinajstić information content (AvgIpc) is 2.80. The zero-order chi connectivity index (χ0) is 13.8. The topological polar surface area (TPSA) is 45.4 Å². The molecule has 0 radical (unpaired) electrons. The minimum absolute atomic E-state index is 0.163. The average molecular weight is 255 g/mol. The molecule has 2 N–H and O–H groups in total. The fourth-order valence-electron chi connectivity index (χ4n) is 1.73. The van der Waals surface area contributed by atoms with Crippen molar-refractivity contribution >= 4 is 18.3 Å². The number of anilines is 1. The molecule has 0 fully saturated rings. The molecule has 0 saturated carbocycles. The Morgan fingerprint density at radius 1 is 1.32 bits per heavy atom. The molecule has 1 heterocycles. The summed E-state index contributed by atoms with van der Waals surface area (Å²) < 4.78 is 5.71. The molecule has 0 bridgehead atoms. The van der Waals surface area contributed by atoms with Gasteiger partial charge < -0.3 is 14.8 Å². The predicted molar refractivity (Wildman–Crippen MR) is 79.3 cm³/mol. The molecule has 98 valence electrons. The number of nitrogens with one attached hydrogen (secondary N) is 1. The van der Waals surface area contributed by atoms with Crippen molar-refractivity contribution in [3.63, 3.8) is 0 Å². The lowest BCUT2D eigenvalue weighted by Crippen LogP contribution is -2.17. The first-order valence-electron chi connectivity index (χ1n) is 6.08. The first kappa shape index (κ1) is 13.0. The standard InChI is InChI=1S/C16H17NO2/c1-4-14(18)10-15-11(2)9-16(19-15)12-5-7-13(17-3)8-6-12/h4-10,17-18H,2H2,1,3H3/b14-4+,15-10+. The normalized spacial score (nSPS) is 12.7. The third-order valence-electron chi connectivity index (χ3n) is 2.87. The van der Waals surface area contributed by atoms with Crippen molar-refractivity contribution < 1.29 is 9.52 Å². The van der Waals surface area contributed by atoms with Gasteiger partial charge in [-0.1, -0.05) is 6.58 Å². The molecule has 0 spiro atoms. The highest BCUT2D eigenvalue weighted by Gasteiger charge is 2.03. The highest BCUT2D eigenvalue weighted by Crippen LogP contribution is 2.19. The fourth-order valence-corrected chi connectivity index (χ4v) is 1.73. The summed E-state index contributed by atoms with van der Waals surface area (Å²) in [5.41, 5.74) is 2.59. The van der Waals surface area contributed by atoms with E-state index in [2.05, 4.69) is 11.9 Å². The van der Waals surface area contributed by atoms with Crippen LogP contribution in [0.15, 0.2) is 46.6 Å². The molecule has 0 amide bonds. The number of furan rings is 1. The Bertz CT molecular complexity index is 693. The Labute approximate surface area is 112 Å². The molecule has 0 aliphatic heterocycles. The van der Waals surface area contributed by atoms with Gasteiger partial charge in [0.05, 0.1) is 0 Å². The summed E-state index contributed by atoms with van der Waals surface area (Å²) in [6, 6.07) is 9.77. The molecule has 0 aliphatic rings. The third-order valence-corrected chi connectivity index (χ3v) is 2.87. The Hall–Kier alpha value is -2.42. The molecule has 0 saturated heterocycles. The monoisotopic (exact) mass is 255 g/mol. The molecule has 0 unspecified atom stereocenters. The summed E-state index contributed by atoms with van der Waals surface area (Å²) in [5, 5.41) is 13.3. The van der Waals surface area contributed by atoms with Gasteiger partial charge in [0.15, 0.2) is 0 Å². The molecule has 3 nitrogen and oxygen atoms in total. The van der Waals surface area contributed by atoms with Crippen LogP contribution < -0.4 is 16.0 Å². The Kier molecular flexibility index (Phi) is 3.76. The number of hydrogen-bond acceptors (Lipinski definition) is 3. The van der Waals surface area contributed by atoms with Gasteiger partial charge in [0, 0.05) is 29.6 Å². The second-order valence-corrected chi connectivity index (χ2v) is 4.19. The zero-order valence-electron chi connectivity index (χ0n) is 11.1. The lowest BCUT2D eigenvalue weighted by Gasteiger charge is -2.00. The summed E-state index contributed by atoms with van der Waals surface area (Å²) in [6.45, 7) is 5.67. The van der Waals surface area contributed by atoms with Crippen LogP contribution in [0.25, 0.3) is 24.0 Å². The van der Waals surface area contributed by atoms with Gasteiger partial charge in [0.1, 0.15) is 16.9 Å². The fraction of sp³-hybridized carbons (Fsp3) is 0.125. The van der Waals surface area contributed by atoms with Crippen LogP contribution in [-0.2, 0) is 0 Å². The van der Waals surface area contributed by atoms with Crippen molar-refractivity contribution in [3.05, 3.63) is 52.8 Å². The lowest BCUT2D eigenvalue weighted by atomic mass is 10.1. The maximum absolute atomic E-state index is 9.49. The molecule has 1 aromatic carbocycles. The summed E-state index contributed by atoms with van der Waals surface area (Å²) in [4.78, 5) is 0. The van der Waals surface area contributed by atoms with Gasteiger partial charge in [0.25, 0.3) is 0 Å². The summed E-state index contributed by atoms with van der Waals surface area (Å²) >= 11 is 0. The molecule has 1 aromatic heterocycles. The highest BCUT2D eigenvalue weighted by molar-refractivity contribution is 5.61. The van der Waals surface area contributed by atoms with E-state index in [-0.39, 0.29) is 5.76 Å². The minimum atomic E-state index is 0.163. The molecule has 0 aliphatic carbocycles. The molecular weight excluding hydrogens is 238 g/mol. The van der Waals surface area contributed by atoms with E-state index in [9.17, 15) is 5.11 Å². The van der Waals surface area contributed by atoms with Gasteiger partial charge >= 0.3 is 0 Å². The number of aliphatic hydroxyl groups excluding tert-OH is 1. The SMILES string of the molecule is C=c1cc(-c2ccc(NC)cc2)o/c1=C/C(O)=C\C. The van der Waals surface area contributed by atoms with E-state index < -0.39 is 0 Å². The van der Waals surface area contributed by atoms with Crippen molar-refractivity contribution in [2.24, 2.45) is 0 Å². The maximum Gasteiger partial charge on any atom is 0.137 e. The van der Waals surface area contributed by atoms with Crippen LogP contribution in [0.5, 0.6) is 0 Å². The summed E-state index contributed by atoms with van der Waals surface area (Å²) in [6.07, 6.45) is 3.16. The van der Waals surface area contributed by atoms with Crippen LogP contribution in [0.4, 0.5) is 5.69 Å². The first-order chi connectivity index (χ1) is 9.13. The van der Waals surface area contributed by atoms with Crippen LogP contribution >= 0.6 is 0 Å². The lowest BCUT2D eigenvalue weighted by molar-refractivity contribution is 0.437. The van der Waals surface area contributed by atoms with E-state index in [4.69, 9.17) is 4.42 Å². The van der Waals surface area contributed by atoms with Gasteiger partial charge in [-0.2, -0.15) is 0 Å². The summed E-state index contributed by atoms with van der Waals surface area (Å²) in [5.74, 6) is 0.902. The van der Waals surface area contributed by atoms with E-state index in [0.717, 1.165) is 22.2 Å². The Balaban J connectivity index is 2.44. The molecule has 19 heavy (non-hydrogen) atoms. The van der Waals surface area contributed by atoms with E-state index in [1.54, 1.807) is 19.1 Å². The van der Waals surface area contributed by atoms with Gasteiger partial charge in [-0.15, -0.1) is 0 Å². The Morgan fingerprint density at radius 3 is 2.58 bits per heavy atom. The van der Waals surface area contributed by atoms with Crippen molar-refractivity contribution in [1.82, 2.24) is 0 Å². The van der Waals surface area contributed by atoms with Crippen LogP contribution in [0.1, 0.15) is 6.92 Å². The van der Waals surface area contributed by atoms with Crippen LogP contribution in [-0.4, -0.2) is 12.2 Å². The van der Waals surface area contributed by atoms with Crippen molar-refractivity contribution in [2.45, 2.75) is 6.92 Å². The largest absolute Gasteiger partial charge is 0.508 e. The minimum Gasteiger partial charge on any atom is -0.508 e. The molecule has 3 heteroatoms. The number of allylic oxidation sites excluding steroid dienone is 2. The van der Waals surface area contributed by atoms with Gasteiger partial charge in [-0.25, -0.2) is 0 Å². The molecular formula is C16H17NO2. The molecule has 2 rings (SSSR count). The van der Waals surface area contributed by atoms with Crippen LogP contribution in [0.3, 0.4) is 0 Å². The van der Waals surface area contributed by atoms with Crippen LogP contribution in [0, 0.1) is 0 Å². The first-order valence-corrected chi connectivity index (χ1v) is 6.08. The van der Waals surface area contributed by atoms with Gasteiger partial charge in [-0.3, -0.25) is 0 Å². The summed E-state index contributed by atoms with van der Waals surface area (Å²) in [7, 11) is 1.88. The van der Waals surface area contributed by atoms with Crippen LogP contribution in [0.2, 0.25) is 0 Å². The smallest absolute Gasteiger partial charge is 0.137 e. The number of benzene rings is 1. The molecule has 0 atom stereocenters. The van der Waals surface area contributed by atoms with E-state index >= 15 is 0 Å². The van der Waals surface area contributed by atoms with Crippen molar-refractivity contribution in [1.29, 1.82) is 0 Å². The van der Waals surface area contributed by atoms with Gasteiger partial charge in [0.2, 0.25) is 0 Å². The predicted octanol–water partition coefficient (Wildman–Crippen LogP) is 2.64. The maximum atomic E-state index is 9.49. The number of aliphatic hydroxyl groups is 1. The van der Waals surface area contributed by atoms with E-state index in [1.807, 2.05) is 37.4 Å². The third kappa shape index (κ3) is 2.88. The Morgan fingerprint density at radius 2 is 2.00 bits per heavy atom. The van der Waals surface area contributed by atoms with Gasteiger partial charge in [-0.05, 0) is 43.3 Å². The quantitative estimate of drug-likeness (QED) is 0.829.